The third-order valence-corrected chi connectivity index (χ3v) is 6.33. The molecule has 0 unspecified atom stereocenters. The van der Waals surface area contributed by atoms with E-state index < -0.39 is 15.8 Å². The molecule has 1 heterocycles. The Hall–Kier alpha value is -2.73. The van der Waals surface area contributed by atoms with Crippen LogP contribution in [0.15, 0.2) is 65.6 Å². The van der Waals surface area contributed by atoms with Crippen LogP contribution in [-0.2, 0) is 16.4 Å². The van der Waals surface area contributed by atoms with Gasteiger partial charge in [0.15, 0.2) is 5.78 Å². The molecule has 0 aliphatic heterocycles. The highest BCUT2D eigenvalue weighted by atomic mass is 32.2. The minimum atomic E-state index is -4.04. The number of nitrogens with zero attached hydrogens (tertiary/aromatic N) is 1. The maximum absolute atomic E-state index is 13.6. The van der Waals surface area contributed by atoms with Crippen molar-refractivity contribution in [3.63, 3.8) is 0 Å². The molecule has 6 heteroatoms. The van der Waals surface area contributed by atoms with Crippen LogP contribution in [0.5, 0.6) is 0 Å². The first-order valence-corrected chi connectivity index (χ1v) is 9.77. The summed E-state index contributed by atoms with van der Waals surface area (Å²) in [7, 11) is -4.04. The number of benzene rings is 2. The highest BCUT2D eigenvalue weighted by Crippen LogP contribution is 2.34. The van der Waals surface area contributed by atoms with Crippen molar-refractivity contribution in [2.75, 3.05) is 0 Å². The van der Waals surface area contributed by atoms with Gasteiger partial charge in [-0.05, 0) is 42.7 Å². The van der Waals surface area contributed by atoms with Crippen molar-refractivity contribution < 1.29 is 17.6 Å². The molecule has 0 radical (unpaired) electrons. The fraction of sp³-hybridized carbons (Fsp3) is 0.150. The molecule has 0 amide bonds. The second-order valence-electron chi connectivity index (χ2n) is 6.26. The average Bonchev–Trinajstić information content (AvgIpc) is 3.04. The van der Waals surface area contributed by atoms with Crippen LogP contribution >= 0.6 is 0 Å². The summed E-state index contributed by atoms with van der Waals surface area (Å²) < 4.78 is 41.5. The number of hydrogen-bond acceptors (Lipinski definition) is 3. The van der Waals surface area contributed by atoms with Gasteiger partial charge in [-0.1, -0.05) is 36.4 Å². The van der Waals surface area contributed by atoms with Gasteiger partial charge in [-0.3, -0.25) is 4.79 Å². The van der Waals surface area contributed by atoms with E-state index in [1.54, 1.807) is 18.2 Å². The van der Waals surface area contributed by atoms with Gasteiger partial charge < -0.3 is 0 Å². The number of Topliss-reactive ketones (excluding diaryl/α,β-unsaturated/α-hetero) is 1. The molecule has 26 heavy (non-hydrogen) atoms. The molecule has 0 atom stereocenters. The molecule has 4 rings (SSSR count). The van der Waals surface area contributed by atoms with Gasteiger partial charge in [0.25, 0.3) is 10.0 Å². The molecule has 4 nitrogen and oxygen atoms in total. The summed E-state index contributed by atoms with van der Waals surface area (Å²) in [6.45, 7) is 0. The van der Waals surface area contributed by atoms with Gasteiger partial charge in [0, 0.05) is 17.7 Å². The highest BCUT2D eigenvalue weighted by molar-refractivity contribution is 7.90. The van der Waals surface area contributed by atoms with E-state index >= 15 is 0 Å². The van der Waals surface area contributed by atoms with Crippen molar-refractivity contribution in [1.82, 2.24) is 3.97 Å². The summed E-state index contributed by atoms with van der Waals surface area (Å²) in [6.07, 6.45) is 1.50. The SMILES string of the molecule is O=C1CCCc2c1cc(-c1ccccc1)n2S(=O)(=O)c1cccc(F)c1. The number of hydrogen-bond donors (Lipinski definition) is 0. The maximum atomic E-state index is 13.6. The molecular weight excluding hydrogens is 353 g/mol. The second kappa shape index (κ2) is 6.21. The molecule has 0 bridgehead atoms. The van der Waals surface area contributed by atoms with E-state index in [2.05, 4.69) is 0 Å². The quantitative estimate of drug-likeness (QED) is 0.700. The third-order valence-electron chi connectivity index (χ3n) is 4.58. The largest absolute Gasteiger partial charge is 0.294 e. The molecule has 1 aliphatic rings. The monoisotopic (exact) mass is 369 g/mol. The van der Waals surface area contributed by atoms with Crippen molar-refractivity contribution in [2.24, 2.45) is 0 Å². The summed E-state index contributed by atoms with van der Waals surface area (Å²) in [5, 5.41) is 0. The first-order valence-electron chi connectivity index (χ1n) is 8.33. The van der Waals surface area contributed by atoms with Crippen LogP contribution in [0.25, 0.3) is 11.3 Å². The Morgan fingerprint density at radius 3 is 2.42 bits per heavy atom. The lowest BCUT2D eigenvalue weighted by atomic mass is 9.97. The van der Waals surface area contributed by atoms with Gasteiger partial charge >= 0.3 is 0 Å². The summed E-state index contributed by atoms with van der Waals surface area (Å²) in [5.41, 5.74) is 2.03. The van der Waals surface area contributed by atoms with E-state index in [9.17, 15) is 17.6 Å². The van der Waals surface area contributed by atoms with E-state index in [4.69, 9.17) is 0 Å². The number of halogens is 1. The van der Waals surface area contributed by atoms with E-state index in [1.807, 2.05) is 18.2 Å². The van der Waals surface area contributed by atoms with Crippen molar-refractivity contribution in [2.45, 2.75) is 24.2 Å². The summed E-state index contributed by atoms with van der Waals surface area (Å²) in [4.78, 5) is 12.2. The van der Waals surface area contributed by atoms with Gasteiger partial charge in [0.2, 0.25) is 0 Å². The minimum Gasteiger partial charge on any atom is -0.294 e. The second-order valence-corrected chi connectivity index (χ2v) is 8.05. The van der Waals surface area contributed by atoms with Gasteiger partial charge in [0.05, 0.1) is 10.6 Å². The van der Waals surface area contributed by atoms with Crippen LogP contribution in [0.3, 0.4) is 0 Å². The number of aromatic nitrogens is 1. The summed E-state index contributed by atoms with van der Waals surface area (Å²) >= 11 is 0. The van der Waals surface area contributed by atoms with Gasteiger partial charge in [0.1, 0.15) is 5.82 Å². The lowest BCUT2D eigenvalue weighted by Gasteiger charge is -2.17. The lowest BCUT2D eigenvalue weighted by Crippen LogP contribution is -2.20. The Balaban J connectivity index is 2.02. The Morgan fingerprint density at radius 2 is 1.69 bits per heavy atom. The molecule has 0 saturated carbocycles. The van der Waals surface area contributed by atoms with Crippen LogP contribution < -0.4 is 0 Å². The first kappa shape index (κ1) is 16.7. The Bertz CT molecular complexity index is 1100. The third kappa shape index (κ3) is 2.66. The zero-order chi connectivity index (χ0) is 18.3. The van der Waals surface area contributed by atoms with Crippen LogP contribution in [-0.4, -0.2) is 18.2 Å². The number of ketones is 1. The Kier molecular flexibility index (Phi) is 4.00. The molecule has 0 fully saturated rings. The molecule has 1 aliphatic carbocycles. The molecular formula is C20H16FNO3S. The van der Waals surface area contributed by atoms with Crippen molar-refractivity contribution in [3.05, 3.63) is 77.7 Å². The van der Waals surface area contributed by atoms with E-state index in [1.165, 1.54) is 22.2 Å². The van der Waals surface area contributed by atoms with Crippen molar-refractivity contribution in [1.29, 1.82) is 0 Å². The maximum Gasteiger partial charge on any atom is 0.268 e. The molecule has 0 saturated heterocycles. The lowest BCUT2D eigenvalue weighted by molar-refractivity contribution is 0.0972. The zero-order valence-electron chi connectivity index (χ0n) is 13.9. The fourth-order valence-corrected chi connectivity index (χ4v) is 5.00. The van der Waals surface area contributed by atoms with Crippen LogP contribution in [0.4, 0.5) is 4.39 Å². The zero-order valence-corrected chi connectivity index (χ0v) is 14.7. The van der Waals surface area contributed by atoms with Crippen molar-refractivity contribution in [3.8, 4) is 11.3 Å². The predicted molar refractivity (Wildman–Crippen MR) is 96.1 cm³/mol. The Labute approximate surface area is 151 Å². The summed E-state index contributed by atoms with van der Waals surface area (Å²) in [5.74, 6) is -0.680. The molecule has 132 valence electrons. The topological polar surface area (TPSA) is 56.1 Å². The van der Waals surface area contributed by atoms with Crippen LogP contribution in [0.2, 0.25) is 0 Å². The molecule has 3 aromatic rings. The normalized spacial score (nSPS) is 14.3. The van der Waals surface area contributed by atoms with Gasteiger partial charge in [-0.2, -0.15) is 0 Å². The number of fused-ring (bicyclic) bond motifs is 1. The smallest absolute Gasteiger partial charge is 0.268 e. The first-order chi connectivity index (χ1) is 12.5. The fourth-order valence-electron chi connectivity index (χ4n) is 3.38. The Morgan fingerprint density at radius 1 is 0.923 bits per heavy atom. The van der Waals surface area contributed by atoms with Gasteiger partial charge in [-0.15, -0.1) is 0 Å². The number of rotatable bonds is 3. The number of carbonyl (C=O) groups excluding carboxylic acids is 1. The average molecular weight is 369 g/mol. The minimum absolute atomic E-state index is 0.0587. The molecule has 2 aromatic carbocycles. The van der Waals surface area contributed by atoms with E-state index in [-0.39, 0.29) is 10.7 Å². The predicted octanol–water partition coefficient (Wildman–Crippen LogP) is 4.05. The highest BCUT2D eigenvalue weighted by Gasteiger charge is 2.31. The van der Waals surface area contributed by atoms with Crippen molar-refractivity contribution >= 4 is 15.8 Å². The summed E-state index contributed by atoms with van der Waals surface area (Å²) in [6, 6.07) is 15.6. The molecule has 0 N–H and O–H groups in total. The van der Waals surface area contributed by atoms with Gasteiger partial charge in [-0.25, -0.2) is 16.8 Å². The van der Waals surface area contributed by atoms with Crippen LogP contribution in [0.1, 0.15) is 28.9 Å². The van der Waals surface area contributed by atoms with E-state index in [0.29, 0.717) is 41.8 Å². The standard InChI is InChI=1S/C20H16FNO3S/c21-15-8-4-9-16(12-15)26(24,25)22-18-10-5-11-20(23)17(18)13-19(22)14-6-2-1-3-7-14/h1-4,6-9,12-13H,5,10-11H2. The molecule has 0 spiro atoms. The number of carbonyl (C=O) groups is 1. The molecule has 1 aromatic heterocycles. The van der Waals surface area contributed by atoms with E-state index in [0.717, 1.165) is 6.07 Å². The van der Waals surface area contributed by atoms with Crippen LogP contribution in [0, 0.1) is 5.82 Å².